The number of hydrogen-bond donors (Lipinski definition) is 0. The van der Waals surface area contributed by atoms with Crippen LogP contribution in [0.2, 0.25) is 4.34 Å². The molecule has 0 radical (unpaired) electrons. The number of halogens is 3. The molecule has 0 aliphatic heterocycles. The minimum absolute atomic E-state index is 0.389. The van der Waals surface area contributed by atoms with Crippen LogP contribution in [-0.2, 0) is 6.54 Å². The SMILES string of the molecule is CN(Cc1nnsc1Cl)c1ccc(F)c(F)c1. The average Bonchev–Trinajstić information content (AvgIpc) is 2.68. The molecule has 0 saturated carbocycles. The molecule has 0 aliphatic carbocycles. The fraction of sp³-hybridized carbons (Fsp3) is 0.200. The monoisotopic (exact) mass is 275 g/mol. The topological polar surface area (TPSA) is 29.0 Å². The lowest BCUT2D eigenvalue weighted by atomic mass is 10.2. The summed E-state index contributed by atoms with van der Waals surface area (Å²) < 4.78 is 30.0. The summed E-state index contributed by atoms with van der Waals surface area (Å²) in [6.07, 6.45) is 0. The molecule has 0 atom stereocenters. The Morgan fingerprint density at radius 1 is 1.35 bits per heavy atom. The first-order valence-electron chi connectivity index (χ1n) is 4.71. The normalized spacial score (nSPS) is 10.6. The molecule has 1 aromatic carbocycles. The van der Waals surface area contributed by atoms with E-state index in [4.69, 9.17) is 11.6 Å². The van der Waals surface area contributed by atoms with E-state index in [-0.39, 0.29) is 0 Å². The van der Waals surface area contributed by atoms with Crippen molar-refractivity contribution in [3.63, 3.8) is 0 Å². The number of anilines is 1. The van der Waals surface area contributed by atoms with E-state index < -0.39 is 11.6 Å². The Balaban J connectivity index is 2.17. The van der Waals surface area contributed by atoms with Crippen LogP contribution in [0, 0.1) is 11.6 Å². The first kappa shape index (κ1) is 12.2. The van der Waals surface area contributed by atoms with Crippen molar-refractivity contribution in [3.8, 4) is 0 Å². The number of benzene rings is 1. The summed E-state index contributed by atoms with van der Waals surface area (Å²) in [4.78, 5) is 1.71. The van der Waals surface area contributed by atoms with Gasteiger partial charge in [-0.25, -0.2) is 8.78 Å². The summed E-state index contributed by atoms with van der Waals surface area (Å²) in [6.45, 7) is 0.389. The Labute approximate surface area is 106 Å². The molecule has 1 heterocycles. The molecule has 3 nitrogen and oxygen atoms in total. The predicted octanol–water partition coefficient (Wildman–Crippen LogP) is 3.11. The van der Waals surface area contributed by atoms with E-state index in [1.54, 1.807) is 11.9 Å². The number of rotatable bonds is 3. The van der Waals surface area contributed by atoms with Crippen LogP contribution in [0.5, 0.6) is 0 Å². The minimum Gasteiger partial charge on any atom is -0.368 e. The lowest BCUT2D eigenvalue weighted by Crippen LogP contribution is -2.17. The quantitative estimate of drug-likeness (QED) is 0.862. The molecule has 0 unspecified atom stereocenters. The van der Waals surface area contributed by atoms with Crippen molar-refractivity contribution in [2.75, 3.05) is 11.9 Å². The molecule has 1 aromatic heterocycles. The summed E-state index contributed by atoms with van der Waals surface area (Å²) in [5.41, 5.74) is 1.16. The zero-order chi connectivity index (χ0) is 12.4. The van der Waals surface area contributed by atoms with Gasteiger partial charge in [0.25, 0.3) is 0 Å². The van der Waals surface area contributed by atoms with E-state index in [1.165, 1.54) is 6.07 Å². The highest BCUT2D eigenvalue weighted by Crippen LogP contribution is 2.22. The lowest BCUT2D eigenvalue weighted by molar-refractivity contribution is 0.508. The van der Waals surface area contributed by atoms with Crippen LogP contribution >= 0.6 is 23.1 Å². The second kappa shape index (κ2) is 4.93. The first-order valence-corrected chi connectivity index (χ1v) is 5.86. The molecular formula is C10H8ClF2N3S. The highest BCUT2D eigenvalue weighted by Gasteiger charge is 2.11. The Bertz CT molecular complexity index is 532. The molecule has 2 rings (SSSR count). The van der Waals surface area contributed by atoms with E-state index in [2.05, 4.69) is 9.59 Å². The molecule has 2 aromatic rings. The molecule has 7 heteroatoms. The van der Waals surface area contributed by atoms with Crippen molar-refractivity contribution in [2.24, 2.45) is 0 Å². The van der Waals surface area contributed by atoms with Crippen molar-refractivity contribution in [1.29, 1.82) is 0 Å². The molecule has 0 aliphatic rings. The molecular weight excluding hydrogens is 268 g/mol. The molecule has 0 saturated heterocycles. The third kappa shape index (κ3) is 2.70. The van der Waals surface area contributed by atoms with Gasteiger partial charge in [-0.15, -0.1) is 5.10 Å². The van der Waals surface area contributed by atoms with Crippen molar-refractivity contribution >= 4 is 28.8 Å². The zero-order valence-corrected chi connectivity index (χ0v) is 10.4. The van der Waals surface area contributed by atoms with E-state index in [9.17, 15) is 8.78 Å². The van der Waals surface area contributed by atoms with Gasteiger partial charge in [0.15, 0.2) is 11.6 Å². The summed E-state index contributed by atoms with van der Waals surface area (Å²) in [5.74, 6) is -1.74. The number of aromatic nitrogens is 2. The van der Waals surface area contributed by atoms with Crippen molar-refractivity contribution in [1.82, 2.24) is 9.59 Å². The third-order valence-corrected chi connectivity index (χ3v) is 3.22. The van der Waals surface area contributed by atoms with Crippen molar-refractivity contribution in [2.45, 2.75) is 6.54 Å². The van der Waals surface area contributed by atoms with Crippen molar-refractivity contribution < 1.29 is 8.78 Å². The molecule has 0 N–H and O–H groups in total. The van der Waals surface area contributed by atoms with Gasteiger partial charge in [0.1, 0.15) is 10.0 Å². The van der Waals surface area contributed by atoms with Gasteiger partial charge >= 0.3 is 0 Å². The second-order valence-corrected chi connectivity index (χ2v) is 4.80. The van der Waals surface area contributed by atoms with Crippen LogP contribution in [0.3, 0.4) is 0 Å². The molecule has 0 spiro atoms. The van der Waals surface area contributed by atoms with Gasteiger partial charge in [-0.05, 0) is 12.1 Å². The Morgan fingerprint density at radius 3 is 2.71 bits per heavy atom. The van der Waals surface area contributed by atoms with Gasteiger partial charge in [0.2, 0.25) is 0 Å². The molecule has 0 bridgehead atoms. The zero-order valence-electron chi connectivity index (χ0n) is 8.82. The largest absolute Gasteiger partial charge is 0.368 e. The number of nitrogens with zero attached hydrogens (tertiary/aromatic N) is 3. The fourth-order valence-corrected chi connectivity index (χ4v) is 1.94. The van der Waals surface area contributed by atoms with Gasteiger partial charge in [-0.2, -0.15) is 0 Å². The van der Waals surface area contributed by atoms with Gasteiger partial charge < -0.3 is 4.90 Å². The van der Waals surface area contributed by atoms with Gasteiger partial charge in [0, 0.05) is 30.3 Å². The highest BCUT2D eigenvalue weighted by atomic mass is 35.5. The Hall–Kier alpha value is -1.27. The van der Waals surface area contributed by atoms with Gasteiger partial charge in [-0.3, -0.25) is 0 Å². The van der Waals surface area contributed by atoms with Gasteiger partial charge in [0.05, 0.1) is 6.54 Å². The van der Waals surface area contributed by atoms with Crippen LogP contribution < -0.4 is 4.90 Å². The first-order chi connectivity index (χ1) is 8.08. The van der Waals surface area contributed by atoms with E-state index in [0.717, 1.165) is 23.7 Å². The van der Waals surface area contributed by atoms with Crippen LogP contribution in [0.25, 0.3) is 0 Å². The maximum atomic E-state index is 13.0. The molecule has 17 heavy (non-hydrogen) atoms. The summed E-state index contributed by atoms with van der Waals surface area (Å²) >= 11 is 6.95. The molecule has 90 valence electrons. The maximum Gasteiger partial charge on any atom is 0.160 e. The standard InChI is InChI=1S/C10H8ClF2N3S/c1-16(5-9-10(11)17-15-14-9)6-2-3-7(12)8(13)4-6/h2-4H,5H2,1H3. The highest BCUT2D eigenvalue weighted by molar-refractivity contribution is 7.10. The van der Waals surface area contributed by atoms with E-state index in [1.807, 2.05) is 0 Å². The average molecular weight is 276 g/mol. The van der Waals surface area contributed by atoms with Gasteiger partial charge in [-0.1, -0.05) is 16.1 Å². The lowest BCUT2D eigenvalue weighted by Gasteiger charge is -2.18. The van der Waals surface area contributed by atoms with Crippen LogP contribution in [0.1, 0.15) is 5.69 Å². The van der Waals surface area contributed by atoms with Crippen LogP contribution in [0.4, 0.5) is 14.5 Å². The third-order valence-electron chi connectivity index (χ3n) is 2.24. The summed E-state index contributed by atoms with van der Waals surface area (Å²) in [7, 11) is 1.74. The van der Waals surface area contributed by atoms with E-state index >= 15 is 0 Å². The molecule has 0 fully saturated rings. The summed E-state index contributed by atoms with van der Waals surface area (Å²) in [5, 5.41) is 3.85. The van der Waals surface area contributed by atoms with E-state index in [0.29, 0.717) is 22.3 Å². The Kier molecular flexibility index (Phi) is 3.54. The fourth-order valence-electron chi connectivity index (χ4n) is 1.33. The van der Waals surface area contributed by atoms with Crippen LogP contribution in [0.15, 0.2) is 18.2 Å². The minimum atomic E-state index is -0.878. The maximum absolute atomic E-state index is 13.0. The van der Waals surface area contributed by atoms with Crippen molar-refractivity contribution in [3.05, 3.63) is 39.9 Å². The smallest absolute Gasteiger partial charge is 0.160 e. The second-order valence-electron chi connectivity index (χ2n) is 3.45. The Morgan fingerprint density at radius 2 is 2.12 bits per heavy atom. The number of hydrogen-bond acceptors (Lipinski definition) is 4. The summed E-state index contributed by atoms with van der Waals surface area (Å²) in [6, 6.07) is 3.71. The predicted molar refractivity (Wildman–Crippen MR) is 63.4 cm³/mol. The molecule has 0 amide bonds. The van der Waals surface area contributed by atoms with Crippen LogP contribution in [-0.4, -0.2) is 16.6 Å².